The smallest absolute Gasteiger partial charge is 0.337 e. The average molecular weight is 367 g/mol. The molecular formula is C21H21NO5. The maximum Gasteiger partial charge on any atom is 0.337 e. The Hall–Kier alpha value is -3.41. The summed E-state index contributed by atoms with van der Waals surface area (Å²) in [5.41, 5.74) is 3.85. The zero-order valence-corrected chi connectivity index (χ0v) is 15.4. The Morgan fingerprint density at radius 3 is 2.22 bits per heavy atom. The van der Waals surface area contributed by atoms with E-state index in [1.165, 1.54) is 19.3 Å². The summed E-state index contributed by atoms with van der Waals surface area (Å²) in [5.74, 6) is -1.48. The first-order chi connectivity index (χ1) is 12.9. The number of aryl methyl sites for hydroxylation is 2. The minimum absolute atomic E-state index is 0.378. The molecule has 2 aromatic rings. The fourth-order valence-corrected chi connectivity index (χ4v) is 2.44. The summed E-state index contributed by atoms with van der Waals surface area (Å²) >= 11 is 0. The van der Waals surface area contributed by atoms with Gasteiger partial charge in [-0.2, -0.15) is 0 Å². The summed E-state index contributed by atoms with van der Waals surface area (Å²) in [5, 5.41) is 2.69. The third-order valence-corrected chi connectivity index (χ3v) is 3.59. The minimum atomic E-state index is -0.636. The molecule has 0 aliphatic carbocycles. The minimum Gasteiger partial charge on any atom is -0.465 e. The van der Waals surface area contributed by atoms with Crippen molar-refractivity contribution >= 4 is 29.6 Å². The van der Waals surface area contributed by atoms with Gasteiger partial charge in [0.15, 0.2) is 6.61 Å². The maximum absolute atomic E-state index is 11.9. The van der Waals surface area contributed by atoms with E-state index >= 15 is 0 Å². The van der Waals surface area contributed by atoms with E-state index in [1.807, 2.05) is 32.0 Å². The van der Waals surface area contributed by atoms with Crippen molar-refractivity contribution < 1.29 is 23.9 Å². The molecule has 0 saturated carbocycles. The Morgan fingerprint density at radius 2 is 1.63 bits per heavy atom. The van der Waals surface area contributed by atoms with Gasteiger partial charge >= 0.3 is 11.9 Å². The van der Waals surface area contributed by atoms with Crippen molar-refractivity contribution in [3.63, 3.8) is 0 Å². The average Bonchev–Trinajstić information content (AvgIpc) is 2.63. The molecule has 0 heterocycles. The number of hydrogen-bond acceptors (Lipinski definition) is 5. The van der Waals surface area contributed by atoms with Gasteiger partial charge in [0, 0.05) is 11.8 Å². The normalized spacial score (nSPS) is 10.5. The maximum atomic E-state index is 11.9. The van der Waals surface area contributed by atoms with E-state index in [0.29, 0.717) is 16.8 Å². The Morgan fingerprint density at radius 1 is 1.00 bits per heavy atom. The summed E-state index contributed by atoms with van der Waals surface area (Å²) in [4.78, 5) is 35.0. The van der Waals surface area contributed by atoms with Crippen LogP contribution in [0.15, 0.2) is 48.5 Å². The lowest BCUT2D eigenvalue weighted by Crippen LogP contribution is -2.20. The van der Waals surface area contributed by atoms with Gasteiger partial charge in [-0.3, -0.25) is 4.79 Å². The number of benzene rings is 2. The van der Waals surface area contributed by atoms with Crippen LogP contribution in [0.3, 0.4) is 0 Å². The van der Waals surface area contributed by atoms with Crippen LogP contribution in [-0.4, -0.2) is 31.6 Å². The lowest BCUT2D eigenvalue weighted by atomic mass is 10.1. The van der Waals surface area contributed by atoms with Gasteiger partial charge in [0.05, 0.1) is 12.7 Å². The van der Waals surface area contributed by atoms with Crippen molar-refractivity contribution in [3.8, 4) is 0 Å². The van der Waals surface area contributed by atoms with Crippen LogP contribution in [0.1, 0.15) is 27.0 Å². The van der Waals surface area contributed by atoms with Gasteiger partial charge in [0.25, 0.3) is 5.91 Å². The standard InChI is InChI=1S/C21H21NO5/c1-14-10-15(2)12-18(11-14)22-19(23)13-27-20(24)9-6-16-4-7-17(8-5-16)21(25)26-3/h4-12H,13H2,1-3H3,(H,22,23)/b9-6+. The van der Waals surface area contributed by atoms with Gasteiger partial charge in [-0.1, -0.05) is 18.2 Å². The van der Waals surface area contributed by atoms with Crippen molar-refractivity contribution in [2.75, 3.05) is 19.0 Å². The van der Waals surface area contributed by atoms with Crippen LogP contribution in [0.2, 0.25) is 0 Å². The monoisotopic (exact) mass is 367 g/mol. The topological polar surface area (TPSA) is 81.7 Å². The molecule has 27 heavy (non-hydrogen) atoms. The lowest BCUT2D eigenvalue weighted by Gasteiger charge is -2.07. The number of carbonyl (C=O) groups excluding carboxylic acids is 3. The van der Waals surface area contributed by atoms with Crippen LogP contribution in [-0.2, 0) is 19.1 Å². The third kappa shape index (κ3) is 6.43. The number of ether oxygens (including phenoxy) is 2. The quantitative estimate of drug-likeness (QED) is 0.626. The summed E-state index contributed by atoms with van der Waals surface area (Å²) in [6, 6.07) is 12.2. The molecule has 0 aromatic heterocycles. The molecule has 2 aromatic carbocycles. The molecule has 6 nitrogen and oxygen atoms in total. The second-order valence-corrected chi connectivity index (χ2v) is 5.98. The van der Waals surface area contributed by atoms with Crippen LogP contribution in [0.4, 0.5) is 5.69 Å². The molecule has 0 spiro atoms. The molecule has 0 aliphatic heterocycles. The van der Waals surface area contributed by atoms with Gasteiger partial charge in [-0.15, -0.1) is 0 Å². The van der Waals surface area contributed by atoms with Crippen LogP contribution in [0.25, 0.3) is 6.08 Å². The lowest BCUT2D eigenvalue weighted by molar-refractivity contribution is -0.142. The fourth-order valence-electron chi connectivity index (χ4n) is 2.44. The largest absolute Gasteiger partial charge is 0.465 e. The van der Waals surface area contributed by atoms with E-state index in [2.05, 4.69) is 10.1 Å². The van der Waals surface area contributed by atoms with Crippen molar-refractivity contribution in [1.82, 2.24) is 0 Å². The number of rotatable bonds is 6. The zero-order valence-electron chi connectivity index (χ0n) is 15.4. The second-order valence-electron chi connectivity index (χ2n) is 5.98. The predicted octanol–water partition coefficient (Wildman–Crippen LogP) is 3.29. The number of hydrogen-bond donors (Lipinski definition) is 1. The van der Waals surface area contributed by atoms with Gasteiger partial charge in [0.2, 0.25) is 0 Å². The molecular weight excluding hydrogens is 346 g/mol. The first-order valence-corrected chi connectivity index (χ1v) is 8.29. The van der Waals surface area contributed by atoms with Crippen LogP contribution in [0, 0.1) is 13.8 Å². The fraction of sp³-hybridized carbons (Fsp3) is 0.190. The van der Waals surface area contributed by atoms with E-state index < -0.39 is 17.8 Å². The second kappa shape index (κ2) is 9.33. The SMILES string of the molecule is COC(=O)c1ccc(/C=C/C(=O)OCC(=O)Nc2cc(C)cc(C)c2)cc1. The van der Waals surface area contributed by atoms with Crippen molar-refractivity contribution in [1.29, 1.82) is 0 Å². The molecule has 140 valence electrons. The van der Waals surface area contributed by atoms with Crippen LogP contribution < -0.4 is 5.32 Å². The van der Waals surface area contributed by atoms with E-state index in [-0.39, 0.29) is 6.61 Å². The number of nitrogens with one attached hydrogen (secondary N) is 1. The molecule has 2 rings (SSSR count). The molecule has 0 radical (unpaired) electrons. The molecule has 0 saturated heterocycles. The van der Waals surface area contributed by atoms with Crippen LogP contribution in [0.5, 0.6) is 0 Å². The summed E-state index contributed by atoms with van der Waals surface area (Å²) in [6.07, 6.45) is 2.75. The van der Waals surface area contributed by atoms with E-state index in [4.69, 9.17) is 4.74 Å². The van der Waals surface area contributed by atoms with E-state index in [9.17, 15) is 14.4 Å². The Balaban J connectivity index is 1.83. The van der Waals surface area contributed by atoms with Crippen LogP contribution >= 0.6 is 0 Å². The molecule has 0 atom stereocenters. The molecule has 0 aliphatic rings. The van der Waals surface area contributed by atoms with Gasteiger partial charge in [-0.05, 0) is 60.9 Å². The van der Waals surface area contributed by atoms with E-state index in [0.717, 1.165) is 11.1 Å². The van der Waals surface area contributed by atoms with Crippen molar-refractivity contribution in [2.45, 2.75) is 13.8 Å². The van der Waals surface area contributed by atoms with Crippen molar-refractivity contribution in [3.05, 3.63) is 70.8 Å². The predicted molar refractivity (Wildman–Crippen MR) is 102 cm³/mol. The number of anilines is 1. The highest BCUT2D eigenvalue weighted by Crippen LogP contribution is 2.13. The van der Waals surface area contributed by atoms with Gasteiger partial charge < -0.3 is 14.8 Å². The molecule has 1 amide bonds. The van der Waals surface area contributed by atoms with E-state index in [1.54, 1.807) is 24.3 Å². The highest BCUT2D eigenvalue weighted by atomic mass is 16.5. The van der Waals surface area contributed by atoms with Crippen molar-refractivity contribution in [2.24, 2.45) is 0 Å². The number of amides is 1. The summed E-state index contributed by atoms with van der Waals surface area (Å²) in [7, 11) is 1.31. The molecule has 0 fully saturated rings. The molecule has 0 unspecified atom stereocenters. The molecule has 1 N–H and O–H groups in total. The van der Waals surface area contributed by atoms with Gasteiger partial charge in [-0.25, -0.2) is 9.59 Å². The highest BCUT2D eigenvalue weighted by molar-refractivity contribution is 5.95. The Bertz CT molecular complexity index is 848. The summed E-state index contributed by atoms with van der Waals surface area (Å²) < 4.78 is 9.54. The number of carbonyl (C=O) groups is 3. The zero-order chi connectivity index (χ0) is 19.8. The first-order valence-electron chi connectivity index (χ1n) is 8.29. The number of methoxy groups -OCH3 is 1. The molecule has 6 heteroatoms. The van der Waals surface area contributed by atoms with Gasteiger partial charge in [0.1, 0.15) is 0 Å². The molecule has 0 bridgehead atoms. The summed E-state index contributed by atoms with van der Waals surface area (Å²) in [6.45, 7) is 3.49. The number of esters is 2. The Kier molecular flexibility index (Phi) is 6.88. The Labute approximate surface area is 157 Å². The third-order valence-electron chi connectivity index (χ3n) is 3.59. The first kappa shape index (κ1) is 19.9. The highest BCUT2D eigenvalue weighted by Gasteiger charge is 2.07.